The summed E-state index contributed by atoms with van der Waals surface area (Å²) in [5, 5.41) is 32.5. The molecule has 296 valence electrons. The average molecular weight is 773 g/mol. The van der Waals surface area contributed by atoms with Crippen LogP contribution < -0.4 is 20.7 Å². The van der Waals surface area contributed by atoms with Crippen molar-refractivity contribution in [2.75, 3.05) is 5.94 Å². The lowest BCUT2D eigenvalue weighted by molar-refractivity contribution is -0.140. The van der Waals surface area contributed by atoms with E-state index in [1.807, 2.05) is 68.4 Å². The summed E-state index contributed by atoms with van der Waals surface area (Å²) in [4.78, 5) is 54.6. The van der Waals surface area contributed by atoms with Crippen LogP contribution in [0.25, 0.3) is 11.0 Å². The smallest absolute Gasteiger partial charge is 0.274 e. The van der Waals surface area contributed by atoms with Crippen LogP contribution in [0.5, 0.6) is 5.75 Å². The fourth-order valence-corrected chi connectivity index (χ4v) is 7.95. The molecule has 1 fully saturated rings. The van der Waals surface area contributed by atoms with Crippen LogP contribution in [0.4, 0.5) is 0 Å². The Morgan fingerprint density at radius 2 is 1.64 bits per heavy atom. The van der Waals surface area contributed by atoms with Gasteiger partial charge < -0.3 is 35.9 Å². The molecule has 0 radical (unpaired) electrons. The molecular weight excluding hydrogens is 717 g/mol. The molecule has 13 heteroatoms. The maximum Gasteiger partial charge on any atom is 0.274 e. The van der Waals surface area contributed by atoms with Crippen molar-refractivity contribution in [1.29, 1.82) is 0 Å². The number of pyridine rings is 1. The number of carbonyl (C=O) groups excluding carboxylic acids is 3. The van der Waals surface area contributed by atoms with Crippen LogP contribution in [-0.4, -0.2) is 73.1 Å². The third kappa shape index (κ3) is 11.5. The van der Waals surface area contributed by atoms with Gasteiger partial charge in [-0.1, -0.05) is 108 Å². The zero-order chi connectivity index (χ0) is 39.3. The van der Waals surface area contributed by atoms with E-state index in [-0.39, 0.29) is 35.9 Å². The molecule has 6 N–H and O–H groups in total. The molecule has 2 unspecified atom stereocenters. The van der Waals surface area contributed by atoms with Crippen molar-refractivity contribution in [3.8, 4) is 5.75 Å². The number of aliphatic hydroxyl groups excluding tert-OH is 2. The maximum absolute atomic E-state index is 14.1. The number of aliphatic hydroxyl groups is 2. The maximum atomic E-state index is 14.1. The standard InChI is InChI=1S/C42H56N6O6S/c1-5-27(4)36(41(52)44-24-34-45-30-19-12-13-20-31(30)46-34)48-40(51)35(26(2)3)39(50)38(49)32(23-28-15-8-6-9-16-28)47-42(53)37-33(21-14-22-43-37)54-25-55-29-17-10-7-11-18-29/h7,10-14,17-22,26-28,32,35-36,38-39,49-50H,5-6,8-9,15-16,23-25H2,1-4H3,(H,44,52)(H,45,46)(H,47,53)(H,48,51)/t27?,32?,35-,36+,38-,39-/m1/s1. The number of aromatic amines is 1. The molecule has 0 spiro atoms. The van der Waals surface area contributed by atoms with Crippen molar-refractivity contribution >= 4 is 40.5 Å². The van der Waals surface area contributed by atoms with E-state index in [1.54, 1.807) is 26.0 Å². The Hall–Kier alpha value is -4.46. The first kappa shape index (κ1) is 41.7. The Balaban J connectivity index is 1.29. The van der Waals surface area contributed by atoms with Crippen molar-refractivity contribution < 1.29 is 29.3 Å². The van der Waals surface area contributed by atoms with Crippen molar-refractivity contribution in [1.82, 2.24) is 30.9 Å². The first-order valence-electron chi connectivity index (χ1n) is 19.5. The van der Waals surface area contributed by atoms with Gasteiger partial charge in [0.25, 0.3) is 5.91 Å². The molecule has 0 saturated heterocycles. The van der Waals surface area contributed by atoms with Gasteiger partial charge in [-0.3, -0.25) is 14.4 Å². The number of thioether (sulfide) groups is 1. The van der Waals surface area contributed by atoms with Crippen LogP contribution in [0.1, 0.15) is 89.0 Å². The molecule has 1 aliphatic carbocycles. The second kappa shape index (κ2) is 20.5. The fourth-order valence-electron chi connectivity index (χ4n) is 7.28. The molecule has 0 aliphatic heterocycles. The minimum absolute atomic E-state index is 0.0645. The molecule has 2 aromatic heterocycles. The Labute approximate surface area is 328 Å². The van der Waals surface area contributed by atoms with E-state index >= 15 is 0 Å². The number of ether oxygens (including phenoxy) is 1. The second-order valence-electron chi connectivity index (χ2n) is 14.9. The molecule has 12 nitrogen and oxygen atoms in total. The molecular formula is C42H56N6O6S. The number of hydrogen-bond acceptors (Lipinski definition) is 9. The van der Waals surface area contributed by atoms with E-state index in [0.29, 0.717) is 24.4 Å². The number of H-pyrrole nitrogens is 1. The lowest BCUT2D eigenvalue weighted by Gasteiger charge is -2.36. The van der Waals surface area contributed by atoms with E-state index < -0.39 is 47.9 Å². The highest BCUT2D eigenvalue weighted by Crippen LogP contribution is 2.31. The summed E-state index contributed by atoms with van der Waals surface area (Å²) in [6.45, 7) is 7.54. The number of hydrogen-bond donors (Lipinski definition) is 6. The number of rotatable bonds is 19. The number of fused-ring (bicyclic) bond motifs is 1. The molecule has 6 atom stereocenters. The van der Waals surface area contributed by atoms with Gasteiger partial charge in [0.1, 0.15) is 23.9 Å². The Bertz CT molecular complexity index is 1800. The van der Waals surface area contributed by atoms with E-state index in [4.69, 9.17) is 4.74 Å². The van der Waals surface area contributed by atoms with E-state index in [0.717, 1.165) is 48.0 Å². The summed E-state index contributed by atoms with van der Waals surface area (Å²) in [7, 11) is 0. The Morgan fingerprint density at radius 3 is 2.35 bits per heavy atom. The van der Waals surface area contributed by atoms with Gasteiger partial charge in [0.15, 0.2) is 11.4 Å². The minimum Gasteiger partial charge on any atom is -0.480 e. The molecule has 5 rings (SSSR count). The highest BCUT2D eigenvalue weighted by atomic mass is 32.2. The first-order valence-corrected chi connectivity index (χ1v) is 20.5. The normalized spacial score (nSPS) is 16.8. The minimum atomic E-state index is -1.55. The van der Waals surface area contributed by atoms with E-state index in [9.17, 15) is 24.6 Å². The Morgan fingerprint density at radius 1 is 0.909 bits per heavy atom. The SMILES string of the molecule is CCC(C)[C@H](NC(=O)[C@H](C(C)C)[C@@H](O)[C@H](O)C(CC1CCCCC1)NC(=O)c1ncccc1OCSc1ccccc1)C(=O)NCc1nc2ccccc2[nH]1. The molecule has 55 heavy (non-hydrogen) atoms. The zero-order valence-corrected chi connectivity index (χ0v) is 33.1. The molecule has 0 bridgehead atoms. The summed E-state index contributed by atoms with van der Waals surface area (Å²) in [6.07, 6.45) is 4.61. The number of carbonyl (C=O) groups is 3. The van der Waals surface area contributed by atoms with Gasteiger partial charge in [-0.05, 0) is 60.6 Å². The van der Waals surface area contributed by atoms with Gasteiger partial charge in [0.05, 0.1) is 35.6 Å². The number of benzene rings is 2. The van der Waals surface area contributed by atoms with Gasteiger partial charge in [-0.25, -0.2) is 9.97 Å². The predicted octanol–water partition coefficient (Wildman–Crippen LogP) is 6.00. The van der Waals surface area contributed by atoms with Crippen molar-refractivity contribution in [2.24, 2.45) is 23.7 Å². The molecule has 2 aromatic carbocycles. The van der Waals surface area contributed by atoms with Crippen molar-refractivity contribution in [3.05, 3.63) is 84.4 Å². The largest absolute Gasteiger partial charge is 0.480 e. The van der Waals surface area contributed by atoms with Crippen LogP contribution >= 0.6 is 11.8 Å². The van der Waals surface area contributed by atoms with Crippen molar-refractivity contribution in [3.63, 3.8) is 0 Å². The van der Waals surface area contributed by atoms with Gasteiger partial charge in [-0.2, -0.15) is 0 Å². The molecule has 4 aromatic rings. The number of para-hydroxylation sites is 2. The van der Waals surface area contributed by atoms with Crippen LogP contribution in [0, 0.1) is 23.7 Å². The lowest BCUT2D eigenvalue weighted by atomic mass is 9.79. The molecule has 2 heterocycles. The van der Waals surface area contributed by atoms with Gasteiger partial charge in [0, 0.05) is 11.1 Å². The monoisotopic (exact) mass is 772 g/mol. The fraction of sp³-hybridized carbons (Fsp3) is 0.500. The van der Waals surface area contributed by atoms with Crippen LogP contribution in [0.2, 0.25) is 0 Å². The van der Waals surface area contributed by atoms with Crippen LogP contribution in [-0.2, 0) is 16.1 Å². The highest BCUT2D eigenvalue weighted by Gasteiger charge is 2.41. The van der Waals surface area contributed by atoms with Crippen LogP contribution in [0.15, 0.2) is 77.8 Å². The summed E-state index contributed by atoms with van der Waals surface area (Å²) in [5.41, 5.74) is 1.71. The Kier molecular flexibility index (Phi) is 15.5. The number of aromatic nitrogens is 3. The van der Waals surface area contributed by atoms with E-state index in [2.05, 4.69) is 30.9 Å². The first-order chi connectivity index (χ1) is 26.5. The molecule has 1 aliphatic rings. The number of amides is 3. The third-order valence-corrected chi connectivity index (χ3v) is 11.5. The number of nitrogens with one attached hydrogen (secondary N) is 4. The molecule has 1 saturated carbocycles. The van der Waals surface area contributed by atoms with Crippen molar-refractivity contribution in [2.45, 2.75) is 108 Å². The summed E-state index contributed by atoms with van der Waals surface area (Å²) in [6, 6.07) is 18.9. The number of imidazole rings is 1. The summed E-state index contributed by atoms with van der Waals surface area (Å²) in [5.74, 6) is -1.84. The molecule has 3 amide bonds. The van der Waals surface area contributed by atoms with Crippen LogP contribution in [0.3, 0.4) is 0 Å². The lowest BCUT2D eigenvalue weighted by Crippen LogP contribution is -2.57. The summed E-state index contributed by atoms with van der Waals surface area (Å²) < 4.78 is 5.98. The van der Waals surface area contributed by atoms with Gasteiger partial charge in [0.2, 0.25) is 11.8 Å². The average Bonchev–Trinajstić information content (AvgIpc) is 3.62. The summed E-state index contributed by atoms with van der Waals surface area (Å²) >= 11 is 1.48. The topological polar surface area (TPSA) is 179 Å². The number of nitrogens with zero attached hydrogens (tertiary/aromatic N) is 2. The third-order valence-electron chi connectivity index (χ3n) is 10.6. The van der Waals surface area contributed by atoms with E-state index in [1.165, 1.54) is 18.0 Å². The quantitative estimate of drug-likeness (QED) is 0.0493. The zero-order valence-electron chi connectivity index (χ0n) is 32.2. The van der Waals surface area contributed by atoms with Gasteiger partial charge >= 0.3 is 0 Å². The van der Waals surface area contributed by atoms with Gasteiger partial charge in [-0.15, -0.1) is 0 Å². The highest BCUT2D eigenvalue weighted by molar-refractivity contribution is 7.99. The predicted molar refractivity (Wildman–Crippen MR) is 214 cm³/mol. The second-order valence-corrected chi connectivity index (χ2v) is 15.9.